The molecule has 2 aliphatic rings. The monoisotopic (exact) mass is 289 g/mol. The standard InChI is InChI=1S/C17H27N3O/c1-3-18-14-8-7-9-15-13(14)12-19-16(20-15)17(21-4-2)10-5-6-11-17/h12,14,18H,3-11H2,1-2H3. The summed E-state index contributed by atoms with van der Waals surface area (Å²) in [6, 6.07) is 0.430. The second-order valence-electron chi connectivity index (χ2n) is 6.23. The molecule has 0 aromatic carbocycles. The zero-order valence-electron chi connectivity index (χ0n) is 13.3. The van der Waals surface area contributed by atoms with Crippen molar-refractivity contribution >= 4 is 0 Å². The normalized spacial score (nSPS) is 24.0. The van der Waals surface area contributed by atoms with Gasteiger partial charge in [0.2, 0.25) is 0 Å². The van der Waals surface area contributed by atoms with Gasteiger partial charge in [0.25, 0.3) is 0 Å². The second kappa shape index (κ2) is 6.41. The summed E-state index contributed by atoms with van der Waals surface area (Å²) >= 11 is 0. The Hall–Kier alpha value is -1.00. The Morgan fingerprint density at radius 1 is 1.29 bits per heavy atom. The van der Waals surface area contributed by atoms with Gasteiger partial charge < -0.3 is 10.1 Å². The molecule has 1 atom stereocenters. The highest BCUT2D eigenvalue weighted by molar-refractivity contribution is 5.26. The molecule has 0 bridgehead atoms. The molecule has 0 aliphatic heterocycles. The maximum Gasteiger partial charge on any atom is 0.160 e. The average molecular weight is 289 g/mol. The third kappa shape index (κ3) is 2.84. The first-order chi connectivity index (χ1) is 10.3. The summed E-state index contributed by atoms with van der Waals surface area (Å²) in [5.74, 6) is 0.928. The van der Waals surface area contributed by atoms with Gasteiger partial charge in [0, 0.05) is 30.1 Å². The smallest absolute Gasteiger partial charge is 0.160 e. The predicted octanol–water partition coefficient (Wildman–Crippen LogP) is 3.27. The highest BCUT2D eigenvalue weighted by Crippen LogP contribution is 2.41. The van der Waals surface area contributed by atoms with Crippen molar-refractivity contribution in [2.75, 3.05) is 13.2 Å². The molecule has 1 unspecified atom stereocenters. The van der Waals surface area contributed by atoms with Crippen LogP contribution < -0.4 is 5.32 Å². The lowest BCUT2D eigenvalue weighted by atomic mass is 9.91. The summed E-state index contributed by atoms with van der Waals surface area (Å²) < 4.78 is 6.10. The van der Waals surface area contributed by atoms with Gasteiger partial charge in [-0.1, -0.05) is 6.92 Å². The van der Waals surface area contributed by atoms with Crippen LogP contribution in [0.1, 0.15) is 75.5 Å². The van der Waals surface area contributed by atoms with Gasteiger partial charge in [0.1, 0.15) is 5.60 Å². The summed E-state index contributed by atoms with van der Waals surface area (Å²) in [5.41, 5.74) is 2.33. The molecule has 4 heteroatoms. The Morgan fingerprint density at radius 2 is 2.10 bits per heavy atom. The summed E-state index contributed by atoms with van der Waals surface area (Å²) in [5, 5.41) is 3.55. The summed E-state index contributed by atoms with van der Waals surface area (Å²) in [4.78, 5) is 9.66. The van der Waals surface area contributed by atoms with Crippen LogP contribution in [-0.2, 0) is 16.8 Å². The summed E-state index contributed by atoms with van der Waals surface area (Å²) in [7, 11) is 0. The van der Waals surface area contributed by atoms with E-state index in [-0.39, 0.29) is 5.60 Å². The van der Waals surface area contributed by atoms with Crippen molar-refractivity contribution < 1.29 is 4.74 Å². The second-order valence-corrected chi connectivity index (χ2v) is 6.23. The molecule has 116 valence electrons. The Bertz CT molecular complexity index is 483. The molecule has 21 heavy (non-hydrogen) atoms. The van der Waals surface area contributed by atoms with Gasteiger partial charge in [-0.2, -0.15) is 0 Å². The molecular weight excluding hydrogens is 262 g/mol. The Kier molecular flexibility index (Phi) is 4.55. The van der Waals surface area contributed by atoms with Crippen LogP contribution in [0.25, 0.3) is 0 Å². The van der Waals surface area contributed by atoms with Crippen molar-refractivity contribution in [3.8, 4) is 0 Å². The maximum absolute atomic E-state index is 6.10. The van der Waals surface area contributed by atoms with E-state index in [2.05, 4.69) is 25.4 Å². The fourth-order valence-electron chi connectivity index (χ4n) is 3.88. The van der Waals surface area contributed by atoms with Crippen LogP contribution in [0.2, 0.25) is 0 Å². The van der Waals surface area contributed by atoms with Crippen molar-refractivity contribution in [3.63, 3.8) is 0 Å². The lowest BCUT2D eigenvalue weighted by Crippen LogP contribution is -2.31. The molecule has 0 radical (unpaired) electrons. The highest BCUT2D eigenvalue weighted by atomic mass is 16.5. The number of aryl methyl sites for hydroxylation is 1. The highest BCUT2D eigenvalue weighted by Gasteiger charge is 2.39. The fourth-order valence-corrected chi connectivity index (χ4v) is 3.88. The van der Waals surface area contributed by atoms with E-state index in [0.29, 0.717) is 6.04 Å². The molecular formula is C17H27N3O. The first-order valence-corrected chi connectivity index (χ1v) is 8.52. The van der Waals surface area contributed by atoms with E-state index in [1.807, 2.05) is 0 Å². The van der Waals surface area contributed by atoms with Crippen LogP contribution in [0.5, 0.6) is 0 Å². The third-order valence-electron chi connectivity index (χ3n) is 4.87. The molecule has 1 saturated carbocycles. The number of nitrogens with zero attached hydrogens (tertiary/aromatic N) is 2. The molecule has 1 aromatic rings. The number of fused-ring (bicyclic) bond motifs is 1. The van der Waals surface area contributed by atoms with E-state index in [9.17, 15) is 0 Å². The number of rotatable bonds is 5. The van der Waals surface area contributed by atoms with Crippen LogP contribution in [-0.4, -0.2) is 23.1 Å². The number of hydrogen-bond acceptors (Lipinski definition) is 4. The van der Waals surface area contributed by atoms with E-state index in [4.69, 9.17) is 14.7 Å². The van der Waals surface area contributed by atoms with Crippen molar-refractivity contribution in [1.29, 1.82) is 0 Å². The first kappa shape index (κ1) is 14.9. The largest absolute Gasteiger partial charge is 0.367 e. The van der Waals surface area contributed by atoms with E-state index in [0.717, 1.165) is 38.2 Å². The van der Waals surface area contributed by atoms with Crippen molar-refractivity contribution in [1.82, 2.24) is 15.3 Å². The Labute approximate surface area is 127 Å². The van der Waals surface area contributed by atoms with E-state index < -0.39 is 0 Å². The lowest BCUT2D eigenvalue weighted by molar-refractivity contribution is -0.0459. The van der Waals surface area contributed by atoms with Crippen molar-refractivity contribution in [2.45, 2.75) is 70.4 Å². The number of nitrogens with one attached hydrogen (secondary N) is 1. The Balaban J connectivity index is 1.91. The van der Waals surface area contributed by atoms with Gasteiger partial charge in [-0.15, -0.1) is 0 Å². The Morgan fingerprint density at radius 3 is 2.81 bits per heavy atom. The first-order valence-electron chi connectivity index (χ1n) is 8.52. The zero-order valence-corrected chi connectivity index (χ0v) is 13.3. The van der Waals surface area contributed by atoms with Gasteiger partial charge in [-0.3, -0.25) is 0 Å². The van der Waals surface area contributed by atoms with Crippen LogP contribution in [0.15, 0.2) is 6.20 Å². The van der Waals surface area contributed by atoms with Crippen LogP contribution in [0.4, 0.5) is 0 Å². The quantitative estimate of drug-likeness (QED) is 0.903. The number of aromatic nitrogens is 2. The van der Waals surface area contributed by atoms with Crippen LogP contribution in [0.3, 0.4) is 0 Å². The number of ether oxygens (including phenoxy) is 1. The molecule has 3 rings (SSSR count). The lowest BCUT2D eigenvalue weighted by Gasteiger charge is -2.30. The molecule has 1 aromatic heterocycles. The maximum atomic E-state index is 6.10. The fraction of sp³-hybridized carbons (Fsp3) is 0.765. The molecule has 2 aliphatic carbocycles. The predicted molar refractivity (Wildman–Crippen MR) is 83.2 cm³/mol. The molecule has 0 spiro atoms. The van der Waals surface area contributed by atoms with Gasteiger partial charge >= 0.3 is 0 Å². The average Bonchev–Trinajstić information content (AvgIpc) is 2.98. The van der Waals surface area contributed by atoms with Crippen LogP contribution in [0, 0.1) is 0 Å². The van der Waals surface area contributed by atoms with Gasteiger partial charge in [0.05, 0.1) is 0 Å². The minimum atomic E-state index is -0.213. The minimum Gasteiger partial charge on any atom is -0.367 e. The number of hydrogen-bond donors (Lipinski definition) is 1. The minimum absolute atomic E-state index is 0.213. The molecule has 1 fully saturated rings. The summed E-state index contributed by atoms with van der Waals surface area (Å²) in [6.07, 6.45) is 10.1. The van der Waals surface area contributed by atoms with E-state index in [1.165, 1.54) is 36.9 Å². The van der Waals surface area contributed by atoms with Crippen LogP contribution >= 0.6 is 0 Å². The van der Waals surface area contributed by atoms with Crippen molar-refractivity contribution in [2.24, 2.45) is 0 Å². The molecule has 1 N–H and O–H groups in total. The van der Waals surface area contributed by atoms with Gasteiger partial charge in [-0.25, -0.2) is 9.97 Å². The van der Waals surface area contributed by atoms with Gasteiger partial charge in [-0.05, 0) is 58.4 Å². The molecule has 1 heterocycles. The third-order valence-corrected chi connectivity index (χ3v) is 4.87. The molecule has 0 saturated heterocycles. The topological polar surface area (TPSA) is 47.0 Å². The molecule has 4 nitrogen and oxygen atoms in total. The van der Waals surface area contributed by atoms with Gasteiger partial charge in [0.15, 0.2) is 5.82 Å². The summed E-state index contributed by atoms with van der Waals surface area (Å²) in [6.45, 7) is 5.96. The van der Waals surface area contributed by atoms with E-state index >= 15 is 0 Å². The zero-order chi connectivity index (χ0) is 14.7. The van der Waals surface area contributed by atoms with E-state index in [1.54, 1.807) is 0 Å². The molecule has 0 amide bonds. The SMILES string of the molecule is CCNC1CCCc2nc(C3(OCC)CCCC3)ncc21. The van der Waals surface area contributed by atoms with Crippen molar-refractivity contribution in [3.05, 3.63) is 23.3 Å².